The van der Waals surface area contributed by atoms with Gasteiger partial charge in [-0.05, 0) is 56.2 Å². The SMILES string of the molecule is CCCCCCCCc1ccc(C(F)(F)OC2CCC(C(F)(F)OC3CC=C(OC(F)(F)F)CC3)OC2)nc1. The number of hydrogen-bond acceptors (Lipinski definition) is 5. The van der Waals surface area contributed by atoms with E-state index in [1.54, 1.807) is 6.07 Å². The topological polar surface area (TPSA) is 49.8 Å². The molecule has 0 amide bonds. The van der Waals surface area contributed by atoms with E-state index in [0.29, 0.717) is 0 Å². The minimum Gasteiger partial charge on any atom is -0.411 e. The summed E-state index contributed by atoms with van der Waals surface area (Å²) in [7, 11) is 0. The molecule has 5 nitrogen and oxygen atoms in total. The molecule has 1 aliphatic carbocycles. The Kier molecular flexibility index (Phi) is 11.4. The van der Waals surface area contributed by atoms with Gasteiger partial charge in [0.2, 0.25) is 0 Å². The highest BCUT2D eigenvalue weighted by Gasteiger charge is 2.48. The van der Waals surface area contributed by atoms with Crippen LogP contribution in [0.4, 0.5) is 30.7 Å². The van der Waals surface area contributed by atoms with Gasteiger partial charge in [-0.25, -0.2) is 0 Å². The largest absolute Gasteiger partial charge is 0.572 e. The number of alkyl halides is 7. The molecule has 222 valence electrons. The molecule has 3 atom stereocenters. The van der Waals surface area contributed by atoms with E-state index in [4.69, 9.17) is 14.2 Å². The lowest BCUT2D eigenvalue weighted by molar-refractivity contribution is -0.341. The maximum absolute atomic E-state index is 14.7. The van der Waals surface area contributed by atoms with Crippen LogP contribution in [0, 0.1) is 0 Å². The quantitative estimate of drug-likeness (QED) is 0.167. The van der Waals surface area contributed by atoms with Gasteiger partial charge in [-0.1, -0.05) is 45.1 Å². The number of allylic oxidation sites excluding steroid dienone is 1. The molecule has 1 aliphatic heterocycles. The molecule has 0 bridgehead atoms. The standard InChI is InChI=1S/C27H36F7NO4/c1-2-3-4-5-6-7-8-19-9-15-23(35-17-19)25(28,29)38-22-14-16-24(36-18-22)26(30,31)37-20-10-12-21(13-11-20)39-27(32,33)34/h9,12,15,17,20,22,24H,2-8,10-11,13-14,16,18H2,1H3. The van der Waals surface area contributed by atoms with Gasteiger partial charge >= 0.3 is 18.6 Å². The number of pyridine rings is 1. The molecule has 0 saturated carbocycles. The van der Waals surface area contributed by atoms with E-state index in [-0.39, 0.29) is 37.9 Å². The lowest BCUT2D eigenvalue weighted by atomic mass is 10.0. The van der Waals surface area contributed by atoms with Gasteiger partial charge in [0.15, 0.2) is 0 Å². The van der Waals surface area contributed by atoms with Crippen LogP contribution < -0.4 is 0 Å². The highest BCUT2D eigenvalue weighted by Crippen LogP contribution is 2.37. The lowest BCUT2D eigenvalue weighted by Crippen LogP contribution is -2.47. The highest BCUT2D eigenvalue weighted by atomic mass is 19.4. The third-order valence-electron chi connectivity index (χ3n) is 6.76. The zero-order valence-electron chi connectivity index (χ0n) is 22.0. The van der Waals surface area contributed by atoms with Crippen molar-refractivity contribution in [3.05, 3.63) is 41.4 Å². The monoisotopic (exact) mass is 571 g/mol. The average Bonchev–Trinajstić information content (AvgIpc) is 2.87. The molecule has 2 aliphatic rings. The fraction of sp³-hybridized carbons (Fsp3) is 0.741. The number of rotatable bonds is 14. The average molecular weight is 572 g/mol. The van der Waals surface area contributed by atoms with Crippen LogP contribution in [0.2, 0.25) is 0 Å². The third-order valence-corrected chi connectivity index (χ3v) is 6.76. The molecule has 1 aromatic heterocycles. The molecule has 1 saturated heterocycles. The lowest BCUT2D eigenvalue weighted by Gasteiger charge is -2.36. The van der Waals surface area contributed by atoms with Crippen molar-refractivity contribution in [3.63, 3.8) is 0 Å². The van der Waals surface area contributed by atoms with Gasteiger partial charge < -0.3 is 18.9 Å². The first-order valence-electron chi connectivity index (χ1n) is 13.5. The summed E-state index contributed by atoms with van der Waals surface area (Å²) in [5.74, 6) is -0.345. The van der Waals surface area contributed by atoms with E-state index in [9.17, 15) is 30.7 Å². The van der Waals surface area contributed by atoms with Crippen molar-refractivity contribution in [2.75, 3.05) is 6.61 Å². The number of aryl methyl sites for hydroxylation is 1. The Morgan fingerprint density at radius 1 is 0.897 bits per heavy atom. The first-order valence-corrected chi connectivity index (χ1v) is 13.5. The van der Waals surface area contributed by atoms with Crippen LogP contribution in [-0.4, -0.2) is 42.4 Å². The first-order chi connectivity index (χ1) is 18.4. The molecule has 0 aromatic carbocycles. The predicted molar refractivity (Wildman–Crippen MR) is 128 cm³/mol. The van der Waals surface area contributed by atoms with Crippen molar-refractivity contribution in [2.45, 2.75) is 121 Å². The van der Waals surface area contributed by atoms with Crippen molar-refractivity contribution in [2.24, 2.45) is 0 Å². The van der Waals surface area contributed by atoms with Crippen LogP contribution in [0.1, 0.15) is 88.8 Å². The van der Waals surface area contributed by atoms with Crippen molar-refractivity contribution in [1.82, 2.24) is 4.98 Å². The van der Waals surface area contributed by atoms with Crippen LogP contribution in [0.5, 0.6) is 0 Å². The van der Waals surface area contributed by atoms with Crippen molar-refractivity contribution in [1.29, 1.82) is 0 Å². The Morgan fingerprint density at radius 2 is 1.64 bits per heavy atom. The van der Waals surface area contributed by atoms with Gasteiger partial charge in [0.25, 0.3) is 0 Å². The minimum atomic E-state index is -4.85. The summed E-state index contributed by atoms with van der Waals surface area (Å²) in [4.78, 5) is 3.86. The van der Waals surface area contributed by atoms with Gasteiger partial charge in [0.05, 0.1) is 18.8 Å². The third kappa shape index (κ3) is 10.5. The van der Waals surface area contributed by atoms with E-state index in [0.717, 1.165) is 37.3 Å². The van der Waals surface area contributed by atoms with Crippen molar-refractivity contribution < 1.29 is 49.7 Å². The fourth-order valence-corrected chi connectivity index (χ4v) is 4.64. The number of aromatic nitrogens is 1. The maximum Gasteiger partial charge on any atom is 0.572 e. The molecule has 3 unspecified atom stereocenters. The Bertz CT molecular complexity index is 900. The number of halogens is 7. The first kappa shape index (κ1) is 31.6. The predicted octanol–water partition coefficient (Wildman–Crippen LogP) is 8.18. The summed E-state index contributed by atoms with van der Waals surface area (Å²) in [5.41, 5.74) is 0.290. The Balaban J connectivity index is 1.41. The summed E-state index contributed by atoms with van der Waals surface area (Å²) in [6.07, 6.45) is -7.09. The second-order valence-electron chi connectivity index (χ2n) is 10.0. The molecular weight excluding hydrogens is 535 g/mol. The van der Waals surface area contributed by atoms with Crippen LogP contribution in [0.15, 0.2) is 30.2 Å². The normalized spacial score (nSPS) is 23.0. The number of nitrogens with zero attached hydrogens (tertiary/aromatic N) is 1. The molecule has 1 aromatic rings. The molecule has 0 N–H and O–H groups in total. The van der Waals surface area contributed by atoms with Gasteiger partial charge in [-0.15, -0.1) is 13.2 Å². The van der Waals surface area contributed by atoms with E-state index in [1.807, 2.05) is 0 Å². The molecule has 2 heterocycles. The highest BCUT2D eigenvalue weighted by molar-refractivity contribution is 5.16. The van der Waals surface area contributed by atoms with Gasteiger partial charge in [-0.2, -0.15) is 17.6 Å². The van der Waals surface area contributed by atoms with E-state index >= 15 is 0 Å². The van der Waals surface area contributed by atoms with Crippen LogP contribution in [0.25, 0.3) is 0 Å². The van der Waals surface area contributed by atoms with E-state index in [1.165, 1.54) is 31.5 Å². The zero-order valence-corrected chi connectivity index (χ0v) is 22.0. The smallest absolute Gasteiger partial charge is 0.411 e. The zero-order chi connectivity index (χ0) is 28.5. The molecular formula is C27H36F7NO4. The molecule has 12 heteroatoms. The van der Waals surface area contributed by atoms with E-state index in [2.05, 4.69) is 16.6 Å². The molecule has 3 rings (SSSR count). The van der Waals surface area contributed by atoms with Crippen molar-refractivity contribution in [3.8, 4) is 0 Å². The minimum absolute atomic E-state index is 0.0903. The van der Waals surface area contributed by atoms with Gasteiger partial charge in [-0.3, -0.25) is 4.98 Å². The number of ether oxygens (including phenoxy) is 4. The van der Waals surface area contributed by atoms with Gasteiger partial charge in [0.1, 0.15) is 17.6 Å². The number of hydrogen-bond donors (Lipinski definition) is 0. The Hall–Kier alpha value is -1.92. The summed E-state index contributed by atoms with van der Waals surface area (Å²) in [6.45, 7) is 1.65. The maximum atomic E-state index is 14.7. The molecule has 1 fully saturated rings. The molecule has 0 spiro atoms. The van der Waals surface area contributed by atoms with Crippen molar-refractivity contribution >= 4 is 0 Å². The van der Waals surface area contributed by atoms with Crippen LogP contribution in [0.3, 0.4) is 0 Å². The second kappa shape index (κ2) is 14.1. The van der Waals surface area contributed by atoms with E-state index < -0.39 is 49.2 Å². The molecule has 0 radical (unpaired) electrons. The summed E-state index contributed by atoms with van der Waals surface area (Å²) in [6, 6.07) is 2.81. The fourth-order valence-electron chi connectivity index (χ4n) is 4.64. The Morgan fingerprint density at radius 3 is 2.23 bits per heavy atom. The number of unbranched alkanes of at least 4 members (excludes halogenated alkanes) is 5. The summed E-state index contributed by atoms with van der Waals surface area (Å²) in [5, 5.41) is 0. The second-order valence-corrected chi connectivity index (χ2v) is 10.0. The summed E-state index contributed by atoms with van der Waals surface area (Å²) >= 11 is 0. The Labute approximate surface area is 224 Å². The van der Waals surface area contributed by atoms with Crippen LogP contribution >= 0.6 is 0 Å². The van der Waals surface area contributed by atoms with Gasteiger partial charge in [0, 0.05) is 12.6 Å². The summed E-state index contributed by atoms with van der Waals surface area (Å²) < 4.78 is 114. The molecule has 39 heavy (non-hydrogen) atoms. The van der Waals surface area contributed by atoms with Crippen LogP contribution in [-0.2, 0) is 31.5 Å².